The van der Waals surface area contributed by atoms with Crippen LogP contribution >= 0.6 is 0 Å². The fraction of sp³-hybridized carbons (Fsp3) is 0.0667. The van der Waals surface area contributed by atoms with E-state index in [1.54, 1.807) is 30.3 Å². The zero-order valence-electron chi connectivity index (χ0n) is 10.7. The molecule has 2 rings (SSSR count). The molecule has 102 valence electrons. The average molecular weight is 270 g/mol. The summed E-state index contributed by atoms with van der Waals surface area (Å²) in [7, 11) is 0. The van der Waals surface area contributed by atoms with Crippen molar-refractivity contribution in [2.75, 3.05) is 5.73 Å². The van der Waals surface area contributed by atoms with E-state index in [2.05, 4.69) is 5.32 Å². The van der Waals surface area contributed by atoms with Gasteiger partial charge in [-0.15, -0.1) is 0 Å². The third kappa shape index (κ3) is 2.95. The molecule has 0 radical (unpaired) electrons. The van der Waals surface area contributed by atoms with Crippen LogP contribution in [0.3, 0.4) is 0 Å². The molecule has 0 aliphatic rings. The average Bonchev–Trinajstić information content (AvgIpc) is 2.46. The fourth-order valence-corrected chi connectivity index (χ4v) is 1.83. The molecule has 0 unspecified atom stereocenters. The van der Waals surface area contributed by atoms with Crippen molar-refractivity contribution in [1.29, 1.82) is 0 Å². The lowest BCUT2D eigenvalue weighted by Gasteiger charge is -2.09. The van der Waals surface area contributed by atoms with Gasteiger partial charge in [0.1, 0.15) is 0 Å². The van der Waals surface area contributed by atoms with Crippen LogP contribution in [0.15, 0.2) is 48.5 Å². The molecule has 5 nitrogen and oxygen atoms in total. The first-order valence-corrected chi connectivity index (χ1v) is 6.03. The Kier molecular flexibility index (Phi) is 4.00. The lowest BCUT2D eigenvalue weighted by atomic mass is 10.1. The highest BCUT2D eigenvalue weighted by atomic mass is 16.4. The molecule has 5 heteroatoms. The molecule has 0 aliphatic heterocycles. The molecule has 0 heterocycles. The number of amides is 1. The Bertz CT molecular complexity index is 653. The molecule has 20 heavy (non-hydrogen) atoms. The largest absolute Gasteiger partial charge is 0.478 e. The summed E-state index contributed by atoms with van der Waals surface area (Å²) in [6.45, 7) is 0.249. The van der Waals surface area contributed by atoms with Gasteiger partial charge in [0.15, 0.2) is 0 Å². The first-order chi connectivity index (χ1) is 9.59. The molecule has 0 saturated heterocycles. The van der Waals surface area contributed by atoms with Crippen molar-refractivity contribution in [3.8, 4) is 0 Å². The molecule has 2 aromatic carbocycles. The normalized spacial score (nSPS) is 10.0. The number of benzene rings is 2. The first-order valence-electron chi connectivity index (χ1n) is 6.03. The maximum absolute atomic E-state index is 12.0. The highest BCUT2D eigenvalue weighted by Crippen LogP contribution is 2.12. The van der Waals surface area contributed by atoms with Gasteiger partial charge in [-0.05, 0) is 23.8 Å². The van der Waals surface area contributed by atoms with Crippen LogP contribution in [-0.2, 0) is 6.54 Å². The smallest absolute Gasteiger partial charge is 0.336 e. The van der Waals surface area contributed by atoms with Gasteiger partial charge in [0.05, 0.1) is 11.1 Å². The van der Waals surface area contributed by atoms with Gasteiger partial charge in [0.25, 0.3) is 5.91 Å². The van der Waals surface area contributed by atoms with Gasteiger partial charge >= 0.3 is 5.97 Å². The Morgan fingerprint density at radius 2 is 1.60 bits per heavy atom. The minimum atomic E-state index is -1.13. The molecule has 1 amide bonds. The number of carbonyl (C=O) groups is 2. The lowest BCUT2D eigenvalue weighted by Crippen LogP contribution is -2.25. The Morgan fingerprint density at radius 1 is 1.00 bits per heavy atom. The topological polar surface area (TPSA) is 92.4 Å². The summed E-state index contributed by atoms with van der Waals surface area (Å²) in [5.74, 6) is -1.57. The second-order valence-corrected chi connectivity index (χ2v) is 4.23. The third-order valence-electron chi connectivity index (χ3n) is 2.90. The van der Waals surface area contributed by atoms with Gasteiger partial charge < -0.3 is 16.2 Å². The number of nitrogen functional groups attached to an aromatic ring is 1. The van der Waals surface area contributed by atoms with Crippen molar-refractivity contribution in [2.45, 2.75) is 6.54 Å². The van der Waals surface area contributed by atoms with Gasteiger partial charge in [-0.3, -0.25) is 4.79 Å². The molecule has 0 aromatic heterocycles. The minimum Gasteiger partial charge on any atom is -0.478 e. The molecule has 2 aromatic rings. The van der Waals surface area contributed by atoms with Crippen LogP contribution in [0.4, 0.5) is 5.69 Å². The van der Waals surface area contributed by atoms with E-state index in [0.717, 1.165) is 5.56 Å². The van der Waals surface area contributed by atoms with E-state index in [0.29, 0.717) is 5.69 Å². The van der Waals surface area contributed by atoms with E-state index < -0.39 is 11.9 Å². The Morgan fingerprint density at radius 3 is 2.25 bits per heavy atom. The molecular weight excluding hydrogens is 256 g/mol. The first kappa shape index (κ1) is 13.6. The number of nitrogens with two attached hydrogens (primary N) is 1. The number of carboxylic acid groups (broad SMARTS) is 1. The van der Waals surface area contributed by atoms with Crippen LogP contribution in [0.25, 0.3) is 0 Å². The number of carbonyl (C=O) groups excluding carboxylic acids is 1. The number of hydrogen-bond donors (Lipinski definition) is 3. The van der Waals surface area contributed by atoms with Gasteiger partial charge in [0.2, 0.25) is 0 Å². The molecule has 0 bridgehead atoms. The number of aromatic carboxylic acids is 1. The maximum atomic E-state index is 12.0. The Balaban J connectivity index is 2.14. The van der Waals surface area contributed by atoms with Crippen molar-refractivity contribution in [3.05, 3.63) is 65.2 Å². The van der Waals surface area contributed by atoms with Crippen molar-refractivity contribution in [3.63, 3.8) is 0 Å². The summed E-state index contributed by atoms with van der Waals surface area (Å²) >= 11 is 0. The Hall–Kier alpha value is -2.82. The summed E-state index contributed by atoms with van der Waals surface area (Å²) in [5, 5.41) is 11.7. The zero-order valence-corrected chi connectivity index (χ0v) is 10.7. The van der Waals surface area contributed by atoms with E-state index in [1.165, 1.54) is 12.1 Å². The van der Waals surface area contributed by atoms with E-state index in [4.69, 9.17) is 10.8 Å². The fourth-order valence-electron chi connectivity index (χ4n) is 1.83. The number of rotatable bonds is 4. The third-order valence-corrected chi connectivity index (χ3v) is 2.90. The van der Waals surface area contributed by atoms with Crippen LogP contribution in [-0.4, -0.2) is 17.0 Å². The van der Waals surface area contributed by atoms with Gasteiger partial charge in [0, 0.05) is 12.2 Å². The predicted octanol–water partition coefficient (Wildman–Crippen LogP) is 1.90. The van der Waals surface area contributed by atoms with Crippen molar-refractivity contribution in [1.82, 2.24) is 5.32 Å². The maximum Gasteiger partial charge on any atom is 0.336 e. The second-order valence-electron chi connectivity index (χ2n) is 4.23. The van der Waals surface area contributed by atoms with E-state index in [1.807, 2.05) is 6.07 Å². The molecule has 0 saturated carbocycles. The quantitative estimate of drug-likeness (QED) is 0.740. The lowest BCUT2D eigenvalue weighted by molar-refractivity contribution is 0.0691. The summed E-state index contributed by atoms with van der Waals surface area (Å²) in [4.78, 5) is 23.1. The predicted molar refractivity (Wildman–Crippen MR) is 75.4 cm³/mol. The number of carboxylic acids is 1. The number of nitrogens with one attached hydrogen (secondary N) is 1. The highest BCUT2D eigenvalue weighted by Gasteiger charge is 2.15. The summed E-state index contributed by atoms with van der Waals surface area (Å²) < 4.78 is 0. The standard InChI is InChI=1S/C15H14N2O3/c16-13-8-4-1-5-10(13)9-17-14(18)11-6-2-3-7-12(11)15(19)20/h1-8H,9,16H2,(H,17,18)(H,19,20). The molecule has 0 aliphatic carbocycles. The highest BCUT2D eigenvalue weighted by molar-refractivity contribution is 6.04. The minimum absolute atomic E-state index is 0.0222. The van der Waals surface area contributed by atoms with Crippen molar-refractivity contribution >= 4 is 17.6 Å². The number of para-hydroxylation sites is 1. The molecule has 0 fully saturated rings. The van der Waals surface area contributed by atoms with E-state index >= 15 is 0 Å². The molecule has 0 atom stereocenters. The summed E-state index contributed by atoms with van der Waals surface area (Å²) in [6, 6.07) is 13.3. The zero-order chi connectivity index (χ0) is 14.5. The molecule has 0 spiro atoms. The van der Waals surface area contributed by atoms with Gasteiger partial charge in [-0.2, -0.15) is 0 Å². The SMILES string of the molecule is Nc1ccccc1CNC(=O)c1ccccc1C(=O)O. The van der Waals surface area contributed by atoms with Crippen LogP contribution < -0.4 is 11.1 Å². The number of hydrogen-bond acceptors (Lipinski definition) is 3. The summed E-state index contributed by atoms with van der Waals surface area (Å²) in [5.41, 5.74) is 7.26. The summed E-state index contributed by atoms with van der Waals surface area (Å²) in [6.07, 6.45) is 0. The van der Waals surface area contributed by atoms with Crippen molar-refractivity contribution in [2.24, 2.45) is 0 Å². The van der Waals surface area contributed by atoms with E-state index in [9.17, 15) is 9.59 Å². The van der Waals surface area contributed by atoms with Crippen LogP contribution in [0.2, 0.25) is 0 Å². The van der Waals surface area contributed by atoms with Crippen LogP contribution in [0.1, 0.15) is 26.3 Å². The van der Waals surface area contributed by atoms with Crippen LogP contribution in [0, 0.1) is 0 Å². The monoisotopic (exact) mass is 270 g/mol. The van der Waals surface area contributed by atoms with Crippen molar-refractivity contribution < 1.29 is 14.7 Å². The Labute approximate surface area is 116 Å². The van der Waals surface area contributed by atoms with Crippen LogP contribution in [0.5, 0.6) is 0 Å². The van der Waals surface area contributed by atoms with Gasteiger partial charge in [-0.1, -0.05) is 30.3 Å². The van der Waals surface area contributed by atoms with E-state index in [-0.39, 0.29) is 17.7 Å². The molecule has 4 N–H and O–H groups in total. The van der Waals surface area contributed by atoms with Gasteiger partial charge in [-0.25, -0.2) is 4.79 Å². The number of anilines is 1. The molecular formula is C15H14N2O3. The second kappa shape index (κ2) is 5.88.